The Labute approximate surface area is 132 Å². The Bertz CT molecular complexity index is 326. The van der Waals surface area contributed by atoms with E-state index in [0.717, 1.165) is 12.5 Å². The molecular weight excluding hydrogens is 258 g/mol. The van der Waals surface area contributed by atoms with Crippen LogP contribution in [0.3, 0.4) is 0 Å². The van der Waals surface area contributed by atoms with Crippen molar-refractivity contribution >= 4 is 0 Å². The number of likely N-dealkylation sites (tertiary alicyclic amines) is 1. The van der Waals surface area contributed by atoms with Crippen LogP contribution < -0.4 is 5.73 Å². The van der Waals surface area contributed by atoms with Crippen LogP contribution in [0.25, 0.3) is 0 Å². The van der Waals surface area contributed by atoms with Crippen LogP contribution in [-0.2, 0) is 0 Å². The molecule has 3 nitrogen and oxygen atoms in total. The maximum Gasteiger partial charge on any atom is 0.0332 e. The first kappa shape index (κ1) is 17.2. The molecule has 0 aromatic heterocycles. The molecule has 3 heteroatoms. The third-order valence-electron chi connectivity index (χ3n) is 6.42. The number of nitrogens with zero attached hydrogens (tertiary/aromatic N) is 2. The Morgan fingerprint density at radius 2 is 1.81 bits per heavy atom. The second-order valence-electron chi connectivity index (χ2n) is 8.74. The van der Waals surface area contributed by atoms with Gasteiger partial charge in [0.2, 0.25) is 0 Å². The lowest BCUT2D eigenvalue weighted by molar-refractivity contribution is -0.00779. The normalized spacial score (nSPS) is 36.1. The van der Waals surface area contributed by atoms with E-state index in [1.807, 2.05) is 0 Å². The van der Waals surface area contributed by atoms with Crippen LogP contribution in [0.1, 0.15) is 59.3 Å². The number of rotatable bonds is 3. The number of hydrogen-bond donors (Lipinski definition) is 1. The Morgan fingerprint density at radius 1 is 1.19 bits per heavy atom. The third kappa shape index (κ3) is 3.80. The highest BCUT2D eigenvalue weighted by Gasteiger charge is 2.42. The number of piperidine rings is 1. The predicted molar refractivity (Wildman–Crippen MR) is 91.5 cm³/mol. The van der Waals surface area contributed by atoms with Gasteiger partial charge in [-0.15, -0.1) is 0 Å². The molecule has 1 atom stereocenters. The molecule has 1 saturated carbocycles. The second kappa shape index (κ2) is 6.55. The highest BCUT2D eigenvalue weighted by molar-refractivity contribution is 4.99. The van der Waals surface area contributed by atoms with Gasteiger partial charge < -0.3 is 10.6 Å². The van der Waals surface area contributed by atoms with Gasteiger partial charge in [-0.05, 0) is 70.5 Å². The van der Waals surface area contributed by atoms with Crippen molar-refractivity contribution in [2.24, 2.45) is 17.1 Å². The molecule has 2 fully saturated rings. The molecule has 1 aliphatic carbocycles. The molecule has 124 valence electrons. The molecule has 2 rings (SSSR count). The molecule has 0 radical (unpaired) electrons. The monoisotopic (exact) mass is 295 g/mol. The highest BCUT2D eigenvalue weighted by Crippen LogP contribution is 2.43. The number of nitrogens with two attached hydrogens (primary N) is 1. The molecule has 0 aromatic carbocycles. The summed E-state index contributed by atoms with van der Waals surface area (Å²) in [4.78, 5) is 5.15. The van der Waals surface area contributed by atoms with Gasteiger partial charge in [0.15, 0.2) is 0 Å². The first-order valence-corrected chi connectivity index (χ1v) is 8.90. The SMILES string of the molecule is CN1CCCC(N(C)C2(CN)CCC(C(C)(C)C)CC2)C1. The zero-order chi connectivity index (χ0) is 15.7. The van der Waals surface area contributed by atoms with Gasteiger partial charge in [0, 0.05) is 24.7 Å². The lowest BCUT2D eigenvalue weighted by atomic mass is 9.66. The molecule has 2 N–H and O–H groups in total. The van der Waals surface area contributed by atoms with Gasteiger partial charge in [0.1, 0.15) is 0 Å². The Morgan fingerprint density at radius 3 is 2.29 bits per heavy atom. The van der Waals surface area contributed by atoms with Gasteiger partial charge in [0.25, 0.3) is 0 Å². The van der Waals surface area contributed by atoms with Crippen LogP contribution in [0.4, 0.5) is 0 Å². The van der Waals surface area contributed by atoms with Crippen molar-refractivity contribution < 1.29 is 0 Å². The standard InChI is InChI=1S/C18H37N3/c1-17(2,3)15-8-10-18(14-19,11-9-15)21(5)16-7-6-12-20(4)13-16/h15-16H,6-14,19H2,1-5H3. The first-order chi connectivity index (χ1) is 9.78. The zero-order valence-corrected chi connectivity index (χ0v) is 15.0. The topological polar surface area (TPSA) is 32.5 Å². The van der Waals surface area contributed by atoms with E-state index in [2.05, 4.69) is 44.7 Å². The predicted octanol–water partition coefficient (Wildman–Crippen LogP) is 2.95. The van der Waals surface area contributed by atoms with Gasteiger partial charge in [-0.2, -0.15) is 0 Å². The summed E-state index contributed by atoms with van der Waals surface area (Å²) in [5.74, 6) is 0.861. The van der Waals surface area contributed by atoms with E-state index in [1.165, 1.54) is 51.6 Å². The fourth-order valence-electron chi connectivity index (χ4n) is 4.56. The molecule has 0 amide bonds. The molecule has 0 aromatic rings. The fourth-order valence-corrected chi connectivity index (χ4v) is 4.56. The van der Waals surface area contributed by atoms with Crippen molar-refractivity contribution in [1.82, 2.24) is 9.80 Å². The van der Waals surface area contributed by atoms with Gasteiger partial charge in [-0.25, -0.2) is 0 Å². The average Bonchev–Trinajstić information content (AvgIpc) is 2.45. The summed E-state index contributed by atoms with van der Waals surface area (Å²) >= 11 is 0. The molecule has 1 heterocycles. The highest BCUT2D eigenvalue weighted by atomic mass is 15.3. The van der Waals surface area contributed by atoms with Crippen LogP contribution in [0.5, 0.6) is 0 Å². The average molecular weight is 296 g/mol. The molecule has 1 aliphatic heterocycles. The molecule has 1 saturated heterocycles. The van der Waals surface area contributed by atoms with Crippen molar-refractivity contribution in [3.63, 3.8) is 0 Å². The minimum Gasteiger partial charge on any atom is -0.329 e. The van der Waals surface area contributed by atoms with E-state index in [4.69, 9.17) is 5.73 Å². The summed E-state index contributed by atoms with van der Waals surface area (Å²) in [6, 6.07) is 0.693. The first-order valence-electron chi connectivity index (χ1n) is 8.90. The second-order valence-corrected chi connectivity index (χ2v) is 8.74. The van der Waals surface area contributed by atoms with Crippen molar-refractivity contribution in [2.45, 2.75) is 70.9 Å². The van der Waals surface area contributed by atoms with Crippen LogP contribution in [0.15, 0.2) is 0 Å². The molecule has 0 spiro atoms. The lowest BCUT2D eigenvalue weighted by Gasteiger charge is -2.52. The summed E-state index contributed by atoms with van der Waals surface area (Å²) in [6.45, 7) is 10.5. The molecule has 0 bridgehead atoms. The van der Waals surface area contributed by atoms with E-state index < -0.39 is 0 Å². The van der Waals surface area contributed by atoms with E-state index in [0.29, 0.717) is 11.5 Å². The Balaban J connectivity index is 2.02. The van der Waals surface area contributed by atoms with Crippen LogP contribution in [0.2, 0.25) is 0 Å². The van der Waals surface area contributed by atoms with E-state index in [9.17, 15) is 0 Å². The van der Waals surface area contributed by atoms with Crippen molar-refractivity contribution in [3.8, 4) is 0 Å². The maximum absolute atomic E-state index is 6.28. The Kier molecular flexibility index (Phi) is 5.38. The van der Waals surface area contributed by atoms with Crippen molar-refractivity contribution in [1.29, 1.82) is 0 Å². The number of hydrogen-bond acceptors (Lipinski definition) is 3. The smallest absolute Gasteiger partial charge is 0.0332 e. The zero-order valence-electron chi connectivity index (χ0n) is 15.0. The molecule has 2 aliphatic rings. The van der Waals surface area contributed by atoms with Gasteiger partial charge in [0.05, 0.1) is 0 Å². The third-order valence-corrected chi connectivity index (χ3v) is 6.42. The van der Waals surface area contributed by atoms with Crippen LogP contribution in [-0.4, -0.2) is 55.1 Å². The summed E-state index contributed by atoms with van der Waals surface area (Å²) < 4.78 is 0. The van der Waals surface area contributed by atoms with Gasteiger partial charge in [-0.1, -0.05) is 20.8 Å². The van der Waals surface area contributed by atoms with Crippen LogP contribution >= 0.6 is 0 Å². The van der Waals surface area contributed by atoms with E-state index >= 15 is 0 Å². The number of likely N-dealkylation sites (N-methyl/N-ethyl adjacent to an activating group) is 2. The Hall–Kier alpha value is -0.120. The van der Waals surface area contributed by atoms with E-state index in [-0.39, 0.29) is 5.54 Å². The minimum atomic E-state index is 0.255. The quantitative estimate of drug-likeness (QED) is 0.869. The summed E-state index contributed by atoms with van der Waals surface area (Å²) in [5, 5.41) is 0. The molecular formula is C18H37N3. The van der Waals surface area contributed by atoms with Gasteiger partial charge >= 0.3 is 0 Å². The summed E-state index contributed by atoms with van der Waals surface area (Å²) in [7, 11) is 4.60. The maximum atomic E-state index is 6.28. The van der Waals surface area contributed by atoms with Crippen molar-refractivity contribution in [2.75, 3.05) is 33.7 Å². The van der Waals surface area contributed by atoms with Gasteiger partial charge in [-0.3, -0.25) is 4.90 Å². The molecule has 21 heavy (non-hydrogen) atoms. The molecule has 1 unspecified atom stereocenters. The fraction of sp³-hybridized carbons (Fsp3) is 1.00. The van der Waals surface area contributed by atoms with Crippen molar-refractivity contribution in [3.05, 3.63) is 0 Å². The summed E-state index contributed by atoms with van der Waals surface area (Å²) in [6.07, 6.45) is 7.91. The summed E-state index contributed by atoms with van der Waals surface area (Å²) in [5.41, 5.74) is 6.98. The minimum absolute atomic E-state index is 0.255. The lowest BCUT2D eigenvalue weighted by Crippen LogP contribution is -2.60. The van der Waals surface area contributed by atoms with Crippen LogP contribution in [0, 0.1) is 11.3 Å². The van der Waals surface area contributed by atoms with E-state index in [1.54, 1.807) is 0 Å². The largest absolute Gasteiger partial charge is 0.329 e.